The maximum absolute atomic E-state index is 11.8. The Kier molecular flexibility index (Phi) is 6.89. The lowest BCUT2D eigenvalue weighted by Crippen LogP contribution is -2.21. The van der Waals surface area contributed by atoms with Crippen molar-refractivity contribution >= 4 is 5.97 Å². The second kappa shape index (κ2) is 8.69. The molecular weight excluding hydrogens is 248 g/mol. The predicted octanol–water partition coefficient (Wildman–Crippen LogP) is 5.25. The van der Waals surface area contributed by atoms with E-state index in [4.69, 9.17) is 4.74 Å². The van der Waals surface area contributed by atoms with E-state index in [1.54, 1.807) is 0 Å². The summed E-state index contributed by atoms with van der Waals surface area (Å²) in [5.41, 5.74) is 0. The van der Waals surface area contributed by atoms with Crippen LogP contribution in [0.15, 0.2) is 0 Å². The minimum absolute atomic E-state index is 0.0548. The molecule has 0 aromatic carbocycles. The first-order valence-electron chi connectivity index (χ1n) is 8.97. The van der Waals surface area contributed by atoms with Crippen LogP contribution in [0.2, 0.25) is 0 Å². The zero-order chi connectivity index (χ0) is 14.2. The van der Waals surface area contributed by atoms with Gasteiger partial charge in [0.15, 0.2) is 0 Å². The fourth-order valence-electron chi connectivity index (χ4n) is 3.89. The Bertz CT molecular complexity index is 273. The molecular formula is C18H32O2. The van der Waals surface area contributed by atoms with Gasteiger partial charge < -0.3 is 4.74 Å². The van der Waals surface area contributed by atoms with Gasteiger partial charge in [-0.05, 0) is 50.4 Å². The van der Waals surface area contributed by atoms with E-state index in [0.29, 0.717) is 6.42 Å². The molecule has 2 heteroatoms. The third-order valence-corrected chi connectivity index (χ3v) is 5.39. The topological polar surface area (TPSA) is 26.3 Å². The highest BCUT2D eigenvalue weighted by molar-refractivity contribution is 5.69. The first-order valence-corrected chi connectivity index (χ1v) is 8.97. The average molecular weight is 280 g/mol. The normalized spacial score (nSPS) is 28.2. The molecule has 0 unspecified atom stereocenters. The van der Waals surface area contributed by atoms with Crippen molar-refractivity contribution in [3.05, 3.63) is 0 Å². The highest BCUT2D eigenvalue weighted by Gasteiger charge is 2.21. The van der Waals surface area contributed by atoms with Crippen molar-refractivity contribution < 1.29 is 9.53 Å². The van der Waals surface area contributed by atoms with Gasteiger partial charge in [0.1, 0.15) is 6.10 Å². The number of carbonyl (C=O) groups is 1. The Morgan fingerprint density at radius 2 is 1.60 bits per heavy atom. The molecule has 0 spiro atoms. The number of rotatable bonds is 6. The molecule has 2 nitrogen and oxygen atoms in total. The van der Waals surface area contributed by atoms with Gasteiger partial charge in [0.05, 0.1) is 0 Å². The second-order valence-corrected chi connectivity index (χ2v) is 6.94. The molecule has 2 saturated carbocycles. The van der Waals surface area contributed by atoms with Crippen LogP contribution in [0.3, 0.4) is 0 Å². The second-order valence-electron chi connectivity index (χ2n) is 6.94. The van der Waals surface area contributed by atoms with Crippen LogP contribution in [0.25, 0.3) is 0 Å². The third kappa shape index (κ3) is 5.46. The maximum Gasteiger partial charge on any atom is 0.306 e. The van der Waals surface area contributed by atoms with Crippen molar-refractivity contribution in [2.45, 2.75) is 96.5 Å². The maximum atomic E-state index is 11.8. The van der Waals surface area contributed by atoms with Gasteiger partial charge in [-0.25, -0.2) is 0 Å². The summed E-state index contributed by atoms with van der Waals surface area (Å²) in [7, 11) is 0. The molecule has 2 aliphatic carbocycles. The Morgan fingerprint density at radius 3 is 2.25 bits per heavy atom. The molecule has 2 aliphatic rings. The molecule has 0 aliphatic heterocycles. The zero-order valence-electron chi connectivity index (χ0n) is 13.2. The van der Waals surface area contributed by atoms with E-state index in [1.165, 1.54) is 57.8 Å². The van der Waals surface area contributed by atoms with Crippen molar-refractivity contribution in [3.8, 4) is 0 Å². The molecule has 0 aromatic heterocycles. The first kappa shape index (κ1) is 15.9. The summed E-state index contributed by atoms with van der Waals surface area (Å²) in [6.07, 6.45) is 16.0. The number of esters is 1. The van der Waals surface area contributed by atoms with Gasteiger partial charge in [0.2, 0.25) is 0 Å². The number of hydrogen-bond donors (Lipinski definition) is 0. The van der Waals surface area contributed by atoms with Crippen LogP contribution in [0.5, 0.6) is 0 Å². The Hall–Kier alpha value is -0.530. The largest absolute Gasteiger partial charge is 0.462 e. The van der Waals surface area contributed by atoms with Crippen LogP contribution in [0.4, 0.5) is 0 Å². The molecule has 0 amide bonds. The van der Waals surface area contributed by atoms with Crippen LogP contribution in [0, 0.1) is 11.8 Å². The van der Waals surface area contributed by atoms with Crippen molar-refractivity contribution in [2.24, 2.45) is 11.8 Å². The Labute approximate surface area is 124 Å². The smallest absolute Gasteiger partial charge is 0.306 e. The fraction of sp³-hybridized carbons (Fsp3) is 0.944. The van der Waals surface area contributed by atoms with E-state index in [2.05, 4.69) is 6.92 Å². The number of ether oxygens (including phenoxy) is 1. The van der Waals surface area contributed by atoms with Gasteiger partial charge in [-0.1, -0.05) is 45.4 Å². The van der Waals surface area contributed by atoms with Crippen molar-refractivity contribution in [1.29, 1.82) is 0 Å². The Morgan fingerprint density at radius 1 is 0.950 bits per heavy atom. The van der Waals surface area contributed by atoms with E-state index >= 15 is 0 Å². The molecule has 0 bridgehead atoms. The molecule has 0 N–H and O–H groups in total. The van der Waals surface area contributed by atoms with Crippen LogP contribution in [0.1, 0.15) is 90.4 Å². The van der Waals surface area contributed by atoms with E-state index in [-0.39, 0.29) is 12.1 Å². The molecule has 0 heterocycles. The van der Waals surface area contributed by atoms with Crippen molar-refractivity contribution in [1.82, 2.24) is 0 Å². The van der Waals surface area contributed by atoms with Gasteiger partial charge in [0.25, 0.3) is 0 Å². The lowest BCUT2D eigenvalue weighted by Gasteiger charge is -2.27. The summed E-state index contributed by atoms with van der Waals surface area (Å²) in [6, 6.07) is 0. The highest BCUT2D eigenvalue weighted by atomic mass is 16.5. The molecule has 20 heavy (non-hydrogen) atoms. The third-order valence-electron chi connectivity index (χ3n) is 5.39. The Balaban J connectivity index is 1.53. The van der Waals surface area contributed by atoms with Crippen molar-refractivity contribution in [2.75, 3.05) is 0 Å². The number of hydrogen-bond acceptors (Lipinski definition) is 2. The van der Waals surface area contributed by atoms with Gasteiger partial charge in [-0.3, -0.25) is 4.79 Å². The van der Waals surface area contributed by atoms with Crippen LogP contribution in [-0.4, -0.2) is 12.1 Å². The molecule has 0 atom stereocenters. The summed E-state index contributed by atoms with van der Waals surface area (Å²) < 4.78 is 5.58. The molecule has 2 fully saturated rings. The molecule has 116 valence electrons. The van der Waals surface area contributed by atoms with E-state index in [1.807, 2.05) is 0 Å². The standard InChI is InChI=1S/C18H32O2/c1-2-15-11-13-16(14-12-15)7-6-10-18(19)20-17-8-4-3-5-9-17/h15-17H,2-14H2,1H3. The molecule has 0 radical (unpaired) electrons. The lowest BCUT2D eigenvalue weighted by molar-refractivity contribution is -0.150. The van der Waals surface area contributed by atoms with Gasteiger partial charge in [0, 0.05) is 6.42 Å². The summed E-state index contributed by atoms with van der Waals surface area (Å²) in [5.74, 6) is 1.90. The van der Waals surface area contributed by atoms with E-state index in [9.17, 15) is 4.79 Å². The van der Waals surface area contributed by atoms with Crippen LogP contribution >= 0.6 is 0 Å². The quantitative estimate of drug-likeness (QED) is 0.621. The van der Waals surface area contributed by atoms with E-state index < -0.39 is 0 Å². The minimum Gasteiger partial charge on any atom is -0.462 e. The molecule has 0 aromatic rings. The number of carbonyl (C=O) groups excluding carboxylic acids is 1. The summed E-state index contributed by atoms with van der Waals surface area (Å²) >= 11 is 0. The van der Waals surface area contributed by atoms with E-state index in [0.717, 1.165) is 31.1 Å². The molecule has 2 rings (SSSR count). The summed E-state index contributed by atoms with van der Waals surface area (Å²) in [4.78, 5) is 11.8. The minimum atomic E-state index is 0.0548. The summed E-state index contributed by atoms with van der Waals surface area (Å²) in [6.45, 7) is 2.31. The van der Waals surface area contributed by atoms with Crippen LogP contribution in [-0.2, 0) is 9.53 Å². The zero-order valence-corrected chi connectivity index (χ0v) is 13.2. The monoisotopic (exact) mass is 280 g/mol. The highest BCUT2D eigenvalue weighted by Crippen LogP contribution is 2.33. The SMILES string of the molecule is CCC1CCC(CCCC(=O)OC2CCCCC2)CC1. The molecule has 0 saturated heterocycles. The first-order chi connectivity index (χ1) is 9.78. The fourth-order valence-corrected chi connectivity index (χ4v) is 3.89. The van der Waals surface area contributed by atoms with Crippen LogP contribution < -0.4 is 0 Å². The van der Waals surface area contributed by atoms with Crippen molar-refractivity contribution in [3.63, 3.8) is 0 Å². The van der Waals surface area contributed by atoms with Gasteiger partial charge >= 0.3 is 5.97 Å². The van der Waals surface area contributed by atoms with Gasteiger partial charge in [-0.2, -0.15) is 0 Å². The average Bonchev–Trinajstić information content (AvgIpc) is 2.49. The lowest BCUT2D eigenvalue weighted by atomic mass is 9.79. The predicted molar refractivity (Wildman–Crippen MR) is 82.6 cm³/mol. The summed E-state index contributed by atoms with van der Waals surface area (Å²) in [5, 5.41) is 0. The van der Waals surface area contributed by atoms with Gasteiger partial charge in [-0.15, -0.1) is 0 Å².